The first-order chi connectivity index (χ1) is 16.9. The molecule has 1 aliphatic heterocycles. The number of rotatable bonds is 7. The van der Waals surface area contributed by atoms with Crippen LogP contribution in [0.4, 0.5) is 0 Å². The molecule has 1 unspecified atom stereocenters. The second-order valence-electron chi connectivity index (χ2n) is 10.1. The predicted octanol–water partition coefficient (Wildman–Crippen LogP) is 6.90. The maximum absolute atomic E-state index is 13.4. The average Bonchev–Trinajstić information content (AvgIpc) is 2.77. The summed E-state index contributed by atoms with van der Waals surface area (Å²) in [4.78, 5) is 13.4. The van der Waals surface area contributed by atoms with Gasteiger partial charge >= 0.3 is 0 Å². The Hall–Kier alpha value is -3.67. The number of aromatic hydroxyl groups is 4. The van der Waals surface area contributed by atoms with E-state index < -0.39 is 6.10 Å². The molecule has 0 saturated heterocycles. The van der Waals surface area contributed by atoms with E-state index in [-0.39, 0.29) is 58.0 Å². The van der Waals surface area contributed by atoms with Gasteiger partial charge in [-0.2, -0.15) is 0 Å². The minimum atomic E-state index is -0.850. The van der Waals surface area contributed by atoms with Crippen molar-refractivity contribution in [1.29, 1.82) is 0 Å². The van der Waals surface area contributed by atoms with E-state index in [4.69, 9.17) is 4.74 Å². The molecule has 2 aromatic carbocycles. The van der Waals surface area contributed by atoms with Gasteiger partial charge in [-0.1, -0.05) is 49.3 Å². The van der Waals surface area contributed by atoms with Crippen molar-refractivity contribution in [2.45, 2.75) is 66.9 Å². The van der Waals surface area contributed by atoms with Crippen LogP contribution in [-0.4, -0.2) is 26.2 Å². The summed E-state index contributed by atoms with van der Waals surface area (Å²) in [7, 11) is 0. The van der Waals surface area contributed by atoms with Crippen LogP contribution in [0.2, 0.25) is 0 Å². The zero-order valence-corrected chi connectivity index (χ0v) is 21.8. The van der Waals surface area contributed by atoms with Crippen molar-refractivity contribution in [3.05, 3.63) is 69.3 Å². The minimum absolute atomic E-state index is 0.0349. The molecule has 2 aromatic rings. The van der Waals surface area contributed by atoms with Crippen molar-refractivity contribution >= 4 is 11.9 Å². The number of fused-ring (bicyclic) bond motifs is 1. The Kier molecular flexibility index (Phi) is 8.18. The lowest BCUT2D eigenvalue weighted by molar-refractivity contribution is 0.0839. The molecule has 3 rings (SSSR count). The molecule has 0 aliphatic carbocycles. The van der Waals surface area contributed by atoms with Crippen molar-refractivity contribution in [2.24, 2.45) is 5.92 Å². The van der Waals surface area contributed by atoms with Crippen LogP contribution in [0.1, 0.15) is 86.7 Å². The molecule has 0 bridgehead atoms. The summed E-state index contributed by atoms with van der Waals surface area (Å²) in [6.07, 6.45) is 6.93. The number of carbonyl (C=O) groups is 1. The van der Waals surface area contributed by atoms with E-state index in [0.717, 1.165) is 11.1 Å². The highest BCUT2D eigenvalue weighted by molar-refractivity contribution is 6.04. The molecular weight excluding hydrogens is 456 g/mol. The first-order valence-corrected chi connectivity index (χ1v) is 12.2. The van der Waals surface area contributed by atoms with E-state index in [2.05, 4.69) is 0 Å². The largest absolute Gasteiger partial charge is 0.508 e. The van der Waals surface area contributed by atoms with Gasteiger partial charge in [0.15, 0.2) is 5.78 Å². The smallest absolute Gasteiger partial charge is 0.174 e. The molecule has 6 heteroatoms. The molecule has 1 aliphatic rings. The van der Waals surface area contributed by atoms with Crippen LogP contribution in [0.3, 0.4) is 0 Å². The van der Waals surface area contributed by atoms with Gasteiger partial charge in [-0.15, -0.1) is 0 Å². The molecular formula is C30H36O6. The van der Waals surface area contributed by atoms with Crippen LogP contribution >= 0.6 is 0 Å². The van der Waals surface area contributed by atoms with Crippen LogP contribution in [0.5, 0.6) is 28.7 Å². The minimum Gasteiger partial charge on any atom is -0.508 e. The number of carbonyl (C=O) groups excluding carboxylic acids is 1. The Balaban J connectivity index is 2.17. The number of phenols is 4. The van der Waals surface area contributed by atoms with Gasteiger partial charge in [0.2, 0.25) is 0 Å². The van der Waals surface area contributed by atoms with Gasteiger partial charge in [0.05, 0.1) is 12.0 Å². The Labute approximate surface area is 212 Å². The molecule has 0 amide bonds. The maximum atomic E-state index is 13.4. The zero-order chi connectivity index (χ0) is 26.7. The molecule has 0 saturated carbocycles. The summed E-state index contributed by atoms with van der Waals surface area (Å²) in [5.41, 5.74) is 3.39. The molecule has 36 heavy (non-hydrogen) atoms. The summed E-state index contributed by atoms with van der Waals surface area (Å²) in [6.45, 7) is 11.7. The van der Waals surface area contributed by atoms with Crippen molar-refractivity contribution in [3.8, 4) is 28.7 Å². The SMILES string of the molecule is CC(C)=CCc1c(O)ccc(C2CC(=O)c3c(O)c(C=CC(C)C)c(O)c(CC=C(C)C)c3O2)c1O. The van der Waals surface area contributed by atoms with Crippen LogP contribution in [0.25, 0.3) is 6.08 Å². The first kappa shape index (κ1) is 26.9. The second kappa shape index (κ2) is 10.9. The van der Waals surface area contributed by atoms with Crippen LogP contribution < -0.4 is 4.74 Å². The number of allylic oxidation sites excluding steroid dienone is 5. The van der Waals surface area contributed by atoms with E-state index in [1.54, 1.807) is 6.08 Å². The van der Waals surface area contributed by atoms with Crippen LogP contribution in [-0.2, 0) is 12.8 Å². The number of benzene rings is 2. The van der Waals surface area contributed by atoms with Crippen molar-refractivity contribution in [2.75, 3.05) is 0 Å². The van der Waals surface area contributed by atoms with Gasteiger partial charge in [-0.05, 0) is 58.6 Å². The van der Waals surface area contributed by atoms with Crippen molar-refractivity contribution in [1.82, 2.24) is 0 Å². The van der Waals surface area contributed by atoms with Gasteiger partial charge in [0.1, 0.15) is 40.4 Å². The van der Waals surface area contributed by atoms with E-state index in [0.29, 0.717) is 29.5 Å². The fourth-order valence-corrected chi connectivity index (χ4v) is 4.15. The highest BCUT2D eigenvalue weighted by atomic mass is 16.5. The average molecular weight is 493 g/mol. The summed E-state index contributed by atoms with van der Waals surface area (Å²) >= 11 is 0. The number of phenolic OH excluding ortho intramolecular Hbond substituents is 4. The Morgan fingerprint density at radius 1 is 0.944 bits per heavy atom. The Morgan fingerprint density at radius 2 is 1.56 bits per heavy atom. The Bertz CT molecular complexity index is 1260. The molecule has 0 aromatic heterocycles. The fourth-order valence-electron chi connectivity index (χ4n) is 4.15. The molecule has 0 spiro atoms. The number of ketones is 1. The van der Waals surface area contributed by atoms with E-state index in [1.807, 2.05) is 59.8 Å². The Morgan fingerprint density at radius 3 is 2.14 bits per heavy atom. The van der Waals surface area contributed by atoms with Gasteiger partial charge in [-0.25, -0.2) is 0 Å². The second-order valence-corrected chi connectivity index (χ2v) is 10.1. The predicted molar refractivity (Wildman–Crippen MR) is 142 cm³/mol. The lowest BCUT2D eigenvalue weighted by Crippen LogP contribution is -2.22. The first-order valence-electron chi connectivity index (χ1n) is 12.2. The summed E-state index contributed by atoms with van der Waals surface area (Å²) in [6, 6.07) is 3.01. The lowest BCUT2D eigenvalue weighted by Gasteiger charge is -2.30. The normalized spacial score (nSPS) is 15.1. The van der Waals surface area contributed by atoms with E-state index in [1.165, 1.54) is 12.1 Å². The van der Waals surface area contributed by atoms with Crippen molar-refractivity contribution in [3.63, 3.8) is 0 Å². The van der Waals surface area contributed by atoms with Gasteiger partial charge < -0.3 is 25.2 Å². The monoisotopic (exact) mass is 492 g/mol. The summed E-state index contributed by atoms with van der Waals surface area (Å²) < 4.78 is 6.24. The number of hydrogen-bond acceptors (Lipinski definition) is 6. The zero-order valence-electron chi connectivity index (χ0n) is 21.8. The lowest BCUT2D eigenvalue weighted by atomic mass is 9.88. The molecule has 1 atom stereocenters. The highest BCUT2D eigenvalue weighted by Crippen LogP contribution is 2.50. The molecule has 192 valence electrons. The van der Waals surface area contributed by atoms with E-state index in [9.17, 15) is 25.2 Å². The maximum Gasteiger partial charge on any atom is 0.174 e. The third-order valence-corrected chi connectivity index (χ3v) is 6.16. The quantitative estimate of drug-likeness (QED) is 0.313. The standard InChI is InChI=1S/C30H36O6/c1-16(2)7-10-19-23(31)14-13-20(27(19)33)25-15-24(32)26-29(35)21(11-8-17(3)4)28(34)22(30(26)36-25)12-9-18(5)6/h7-9,11,13-14,17,25,31,33-35H,10,12,15H2,1-6H3. The number of Topliss-reactive ketones (excluding diaryl/α,β-unsaturated/α-hetero) is 1. The van der Waals surface area contributed by atoms with E-state index >= 15 is 0 Å². The van der Waals surface area contributed by atoms with Crippen LogP contribution in [0, 0.1) is 5.92 Å². The fraction of sp³-hybridized carbons (Fsp3) is 0.367. The molecule has 6 nitrogen and oxygen atoms in total. The van der Waals surface area contributed by atoms with Gasteiger partial charge in [0.25, 0.3) is 0 Å². The molecule has 0 fully saturated rings. The third-order valence-electron chi connectivity index (χ3n) is 6.16. The summed E-state index contributed by atoms with van der Waals surface area (Å²) in [5.74, 6) is -0.702. The van der Waals surface area contributed by atoms with Gasteiger partial charge in [-0.3, -0.25) is 4.79 Å². The molecule has 4 N–H and O–H groups in total. The molecule has 0 radical (unpaired) electrons. The summed E-state index contributed by atoms with van der Waals surface area (Å²) in [5, 5.41) is 43.4. The van der Waals surface area contributed by atoms with Crippen molar-refractivity contribution < 1.29 is 30.0 Å². The molecule has 1 heterocycles. The highest BCUT2D eigenvalue weighted by Gasteiger charge is 2.36. The topological polar surface area (TPSA) is 107 Å². The number of ether oxygens (including phenoxy) is 1. The third kappa shape index (κ3) is 5.59. The van der Waals surface area contributed by atoms with Crippen LogP contribution in [0.15, 0.2) is 41.5 Å². The number of hydrogen-bond donors (Lipinski definition) is 4. The van der Waals surface area contributed by atoms with Gasteiger partial charge in [0, 0.05) is 16.7 Å².